The highest BCUT2D eigenvalue weighted by molar-refractivity contribution is 7.17. The summed E-state index contributed by atoms with van der Waals surface area (Å²) in [5.74, 6) is 0. The maximum Gasteiger partial charge on any atom is 0.0336 e. The fourth-order valence-electron chi connectivity index (χ4n) is 1.08. The monoisotopic (exact) mass is 150 g/mol. The maximum atomic E-state index is 5.87. The van der Waals surface area contributed by atoms with Crippen molar-refractivity contribution < 1.29 is 0 Å². The molecule has 0 radical (unpaired) electrons. The summed E-state index contributed by atoms with van der Waals surface area (Å²) in [5.41, 5.74) is 0.852. The molecule has 0 nitrogen and oxygen atoms in total. The van der Waals surface area contributed by atoms with Crippen molar-refractivity contribution in [2.75, 3.05) is 0 Å². The highest BCUT2D eigenvalue weighted by Crippen LogP contribution is 2.27. The van der Waals surface area contributed by atoms with Crippen LogP contribution in [0.1, 0.15) is 25.7 Å². The topological polar surface area (TPSA) is 0 Å². The van der Waals surface area contributed by atoms with Gasteiger partial charge in [-0.1, -0.05) is 0 Å². The van der Waals surface area contributed by atoms with Gasteiger partial charge in [0.2, 0.25) is 0 Å². The highest BCUT2D eigenvalue weighted by atomic mass is 35.5. The van der Waals surface area contributed by atoms with E-state index in [1.807, 2.05) is 0 Å². The second kappa shape index (κ2) is 3.03. The van der Waals surface area contributed by atoms with Gasteiger partial charge >= 0.3 is 0 Å². The van der Waals surface area contributed by atoms with Gasteiger partial charge in [-0.15, -0.1) is 20.8 Å². The molecule has 0 amide bonds. The van der Waals surface area contributed by atoms with Gasteiger partial charge < -0.3 is 0 Å². The maximum absolute atomic E-state index is 5.87. The van der Waals surface area contributed by atoms with Gasteiger partial charge in [-0.2, -0.15) is 0 Å². The fourth-order valence-corrected chi connectivity index (χ4v) is 1.72. The SMILES string of the molecule is PC1CCC(Cl)CC1. The van der Waals surface area contributed by atoms with Crippen molar-refractivity contribution in [1.29, 1.82) is 0 Å². The first kappa shape index (κ1) is 6.83. The number of alkyl halides is 1. The zero-order valence-electron chi connectivity index (χ0n) is 4.94. The third kappa shape index (κ3) is 1.91. The Labute approximate surface area is 58.2 Å². The molecule has 0 aromatic rings. The van der Waals surface area contributed by atoms with Gasteiger partial charge in [0.1, 0.15) is 0 Å². The van der Waals surface area contributed by atoms with Crippen LogP contribution < -0.4 is 0 Å². The van der Waals surface area contributed by atoms with Crippen molar-refractivity contribution in [3.05, 3.63) is 0 Å². The van der Waals surface area contributed by atoms with Gasteiger partial charge in [0.15, 0.2) is 0 Å². The number of halogens is 1. The normalized spacial score (nSPS) is 39.8. The largest absolute Gasteiger partial charge is 0.134 e. The third-order valence-corrected chi connectivity index (χ3v) is 2.80. The molecule has 1 aliphatic rings. The molecule has 1 saturated carbocycles. The van der Waals surface area contributed by atoms with Gasteiger partial charge in [0.25, 0.3) is 0 Å². The summed E-state index contributed by atoms with van der Waals surface area (Å²) in [7, 11) is 2.86. The molecule has 8 heavy (non-hydrogen) atoms. The van der Waals surface area contributed by atoms with Crippen LogP contribution in [-0.4, -0.2) is 11.0 Å². The highest BCUT2D eigenvalue weighted by Gasteiger charge is 2.14. The van der Waals surface area contributed by atoms with Crippen LogP contribution >= 0.6 is 20.8 Å². The Morgan fingerprint density at radius 3 is 2.00 bits per heavy atom. The summed E-state index contributed by atoms with van der Waals surface area (Å²) in [6.45, 7) is 0. The molecule has 0 spiro atoms. The molecule has 0 saturated heterocycles. The summed E-state index contributed by atoms with van der Waals surface area (Å²) >= 11 is 5.87. The van der Waals surface area contributed by atoms with Gasteiger partial charge in [-0.3, -0.25) is 0 Å². The fraction of sp³-hybridized carbons (Fsp3) is 1.00. The van der Waals surface area contributed by atoms with E-state index in [4.69, 9.17) is 11.6 Å². The van der Waals surface area contributed by atoms with Crippen LogP contribution in [0.5, 0.6) is 0 Å². The van der Waals surface area contributed by atoms with E-state index in [0.29, 0.717) is 5.38 Å². The van der Waals surface area contributed by atoms with E-state index in [1.165, 1.54) is 25.7 Å². The summed E-state index contributed by atoms with van der Waals surface area (Å²) in [4.78, 5) is 0. The number of hydrogen-bond donors (Lipinski definition) is 0. The van der Waals surface area contributed by atoms with Crippen LogP contribution in [0.25, 0.3) is 0 Å². The lowest BCUT2D eigenvalue weighted by Gasteiger charge is -2.20. The van der Waals surface area contributed by atoms with E-state index < -0.39 is 0 Å². The van der Waals surface area contributed by atoms with Gasteiger partial charge in [-0.25, -0.2) is 0 Å². The summed E-state index contributed by atoms with van der Waals surface area (Å²) in [5, 5.41) is 0.479. The Balaban J connectivity index is 2.19. The molecular weight excluding hydrogens is 138 g/mol. The van der Waals surface area contributed by atoms with E-state index >= 15 is 0 Å². The van der Waals surface area contributed by atoms with Crippen LogP contribution in [0.3, 0.4) is 0 Å². The molecule has 1 aliphatic carbocycles. The zero-order valence-corrected chi connectivity index (χ0v) is 6.85. The van der Waals surface area contributed by atoms with E-state index in [9.17, 15) is 0 Å². The molecule has 0 bridgehead atoms. The van der Waals surface area contributed by atoms with Crippen LogP contribution in [0.15, 0.2) is 0 Å². The molecule has 0 aliphatic heterocycles. The van der Waals surface area contributed by atoms with Crippen molar-refractivity contribution in [3.63, 3.8) is 0 Å². The predicted octanol–water partition coefficient (Wildman–Crippen LogP) is 2.41. The molecule has 0 N–H and O–H groups in total. The van der Waals surface area contributed by atoms with E-state index in [2.05, 4.69) is 9.24 Å². The molecular formula is C6H12ClP. The molecule has 2 heteroatoms. The average molecular weight is 151 g/mol. The Morgan fingerprint density at radius 1 is 1.12 bits per heavy atom. The second-order valence-corrected chi connectivity index (χ2v) is 4.07. The van der Waals surface area contributed by atoms with Crippen LogP contribution in [0.2, 0.25) is 0 Å². The van der Waals surface area contributed by atoms with Gasteiger partial charge in [-0.05, 0) is 31.3 Å². The lowest BCUT2D eigenvalue weighted by molar-refractivity contribution is 0.522. The van der Waals surface area contributed by atoms with E-state index in [1.54, 1.807) is 0 Å². The molecule has 1 rings (SSSR count). The lowest BCUT2D eigenvalue weighted by atomic mass is 10.00. The van der Waals surface area contributed by atoms with Gasteiger partial charge in [0.05, 0.1) is 0 Å². The Kier molecular flexibility index (Phi) is 2.59. The Hall–Kier alpha value is 0.720. The Bertz CT molecular complexity index is 56.9. The molecule has 0 heterocycles. The average Bonchev–Trinajstić information content (AvgIpc) is 1.77. The van der Waals surface area contributed by atoms with Crippen LogP contribution in [0, 0.1) is 0 Å². The minimum Gasteiger partial charge on any atom is -0.134 e. The smallest absolute Gasteiger partial charge is 0.0336 e. The Morgan fingerprint density at radius 2 is 1.62 bits per heavy atom. The summed E-state index contributed by atoms with van der Waals surface area (Å²) in [6.07, 6.45) is 5.04. The molecule has 0 aromatic carbocycles. The standard InChI is InChI=1S/C6H12ClP/c7-5-1-3-6(8)4-2-5/h5-6H,1-4,8H2. The quantitative estimate of drug-likeness (QED) is 0.368. The van der Waals surface area contributed by atoms with Crippen molar-refractivity contribution in [2.45, 2.75) is 36.7 Å². The van der Waals surface area contributed by atoms with Crippen molar-refractivity contribution in [1.82, 2.24) is 0 Å². The molecule has 1 unspecified atom stereocenters. The minimum absolute atomic E-state index is 0.479. The molecule has 1 fully saturated rings. The third-order valence-electron chi connectivity index (χ3n) is 1.70. The van der Waals surface area contributed by atoms with E-state index in [-0.39, 0.29) is 0 Å². The van der Waals surface area contributed by atoms with Gasteiger partial charge in [0, 0.05) is 5.38 Å². The first-order valence-corrected chi connectivity index (χ1v) is 4.29. The van der Waals surface area contributed by atoms with E-state index in [0.717, 1.165) is 5.66 Å². The summed E-state index contributed by atoms with van der Waals surface area (Å²) < 4.78 is 0. The zero-order chi connectivity index (χ0) is 5.98. The molecule has 1 atom stereocenters. The van der Waals surface area contributed by atoms with Crippen LogP contribution in [0.4, 0.5) is 0 Å². The van der Waals surface area contributed by atoms with Crippen LogP contribution in [-0.2, 0) is 0 Å². The van der Waals surface area contributed by atoms with Crippen molar-refractivity contribution in [2.24, 2.45) is 0 Å². The number of hydrogen-bond acceptors (Lipinski definition) is 0. The minimum atomic E-state index is 0.479. The first-order chi connectivity index (χ1) is 3.79. The van der Waals surface area contributed by atoms with Crippen molar-refractivity contribution >= 4 is 20.8 Å². The second-order valence-electron chi connectivity index (χ2n) is 2.51. The molecule has 0 aromatic heterocycles. The summed E-state index contributed by atoms with van der Waals surface area (Å²) in [6, 6.07) is 0. The number of rotatable bonds is 0. The molecule has 48 valence electrons. The van der Waals surface area contributed by atoms with Crippen molar-refractivity contribution in [3.8, 4) is 0 Å². The first-order valence-electron chi connectivity index (χ1n) is 3.18. The lowest BCUT2D eigenvalue weighted by Crippen LogP contribution is -2.12. The predicted molar refractivity (Wildman–Crippen MR) is 41.6 cm³/mol.